The number of nitrogens with one attached hydrogen (secondary N) is 1. The Morgan fingerprint density at radius 2 is 2.06 bits per heavy atom. The number of nitrogens with zero attached hydrogens (tertiary/aromatic N) is 3. The Balaban J connectivity index is 1.86. The first-order valence-electron chi connectivity index (χ1n) is 5.84. The molecular formula is C11H15ClN4S. The molecule has 1 aromatic heterocycles. The van der Waals surface area contributed by atoms with Crippen LogP contribution >= 0.6 is 23.4 Å². The molecule has 2 saturated heterocycles. The van der Waals surface area contributed by atoms with Gasteiger partial charge in [0.05, 0.1) is 0 Å². The topological polar surface area (TPSA) is 41.1 Å². The first-order valence-corrected chi connectivity index (χ1v) is 7.44. The molecule has 2 aliphatic heterocycles. The van der Waals surface area contributed by atoms with Crippen molar-refractivity contribution in [3.8, 4) is 0 Å². The van der Waals surface area contributed by atoms with E-state index in [0.29, 0.717) is 17.2 Å². The Bertz CT molecular complexity index is 416. The van der Waals surface area contributed by atoms with Gasteiger partial charge in [0.2, 0.25) is 0 Å². The lowest BCUT2D eigenvalue weighted by Crippen LogP contribution is -2.51. The van der Waals surface area contributed by atoms with Gasteiger partial charge in [0.25, 0.3) is 0 Å². The predicted molar refractivity (Wildman–Crippen MR) is 71.0 cm³/mol. The van der Waals surface area contributed by atoms with E-state index >= 15 is 0 Å². The van der Waals surface area contributed by atoms with Crippen molar-refractivity contribution in [3.63, 3.8) is 0 Å². The van der Waals surface area contributed by atoms with Crippen LogP contribution in [0.2, 0.25) is 5.15 Å². The molecule has 0 saturated carbocycles. The van der Waals surface area contributed by atoms with Gasteiger partial charge in [-0.25, -0.2) is 9.97 Å². The van der Waals surface area contributed by atoms with Crippen molar-refractivity contribution in [1.29, 1.82) is 0 Å². The van der Waals surface area contributed by atoms with E-state index in [-0.39, 0.29) is 0 Å². The fourth-order valence-corrected chi connectivity index (χ4v) is 3.22. The Hall–Kier alpha value is -0.520. The van der Waals surface area contributed by atoms with Crippen molar-refractivity contribution in [2.24, 2.45) is 0 Å². The number of aromatic nitrogens is 2. The molecule has 4 nitrogen and oxygen atoms in total. The highest BCUT2D eigenvalue weighted by Crippen LogP contribution is 2.26. The molecule has 2 fully saturated rings. The molecule has 0 aliphatic carbocycles. The van der Waals surface area contributed by atoms with E-state index in [2.05, 4.69) is 20.2 Å². The van der Waals surface area contributed by atoms with Crippen LogP contribution in [0.5, 0.6) is 0 Å². The summed E-state index contributed by atoms with van der Waals surface area (Å²) in [4.78, 5) is 11.0. The maximum Gasteiger partial charge on any atom is 0.190 e. The van der Waals surface area contributed by atoms with Crippen LogP contribution in [0.25, 0.3) is 0 Å². The largest absolute Gasteiger partial charge is 0.353 e. The number of hydrogen-bond acceptors (Lipinski definition) is 5. The highest BCUT2D eigenvalue weighted by Gasteiger charge is 2.32. The minimum Gasteiger partial charge on any atom is -0.353 e. The summed E-state index contributed by atoms with van der Waals surface area (Å²) in [6, 6.07) is 3.09. The van der Waals surface area contributed by atoms with Crippen LogP contribution in [0.3, 0.4) is 0 Å². The molecule has 0 amide bonds. The summed E-state index contributed by atoms with van der Waals surface area (Å²) in [5.74, 6) is 0.966. The number of fused-ring (bicyclic) bond motifs is 2. The van der Waals surface area contributed by atoms with Gasteiger partial charge in [-0.2, -0.15) is 0 Å². The molecule has 0 aromatic carbocycles. The van der Waals surface area contributed by atoms with Crippen LogP contribution < -0.4 is 10.2 Å². The fraction of sp³-hybridized carbons (Fsp3) is 0.636. The van der Waals surface area contributed by atoms with Crippen molar-refractivity contribution < 1.29 is 0 Å². The molecule has 2 atom stereocenters. The smallest absolute Gasteiger partial charge is 0.190 e. The zero-order valence-corrected chi connectivity index (χ0v) is 11.3. The Labute approximate surface area is 110 Å². The molecule has 2 bridgehead atoms. The zero-order chi connectivity index (χ0) is 11.8. The van der Waals surface area contributed by atoms with Crippen LogP contribution in [0.1, 0.15) is 12.8 Å². The highest BCUT2D eigenvalue weighted by molar-refractivity contribution is 7.98. The first kappa shape index (κ1) is 11.6. The lowest BCUT2D eigenvalue weighted by Gasteiger charge is -2.33. The van der Waals surface area contributed by atoms with E-state index in [1.54, 1.807) is 0 Å². The molecule has 1 N–H and O–H groups in total. The standard InChI is InChI=1S/C11H15ClN4S/c1-17-11-14-9(12)4-10(15-11)16-5-7-2-3-8(6-16)13-7/h4,7-8,13H,2-3,5-6H2,1H3/t7-,8+. The molecule has 6 heteroatoms. The van der Waals surface area contributed by atoms with Gasteiger partial charge in [-0.1, -0.05) is 23.4 Å². The highest BCUT2D eigenvalue weighted by atomic mass is 35.5. The Kier molecular flexibility index (Phi) is 3.15. The molecule has 1 aromatic rings. The van der Waals surface area contributed by atoms with E-state index < -0.39 is 0 Å². The van der Waals surface area contributed by atoms with Gasteiger partial charge in [0, 0.05) is 31.2 Å². The third-order valence-electron chi connectivity index (χ3n) is 3.38. The van der Waals surface area contributed by atoms with E-state index in [9.17, 15) is 0 Å². The lowest BCUT2D eigenvalue weighted by atomic mass is 10.2. The molecule has 3 heterocycles. The van der Waals surface area contributed by atoms with Gasteiger partial charge in [-0.3, -0.25) is 0 Å². The lowest BCUT2D eigenvalue weighted by molar-refractivity contribution is 0.462. The van der Waals surface area contributed by atoms with Crippen molar-refractivity contribution in [3.05, 3.63) is 11.2 Å². The monoisotopic (exact) mass is 270 g/mol. The summed E-state index contributed by atoms with van der Waals surface area (Å²) < 4.78 is 0. The molecule has 0 spiro atoms. The summed E-state index contributed by atoms with van der Waals surface area (Å²) in [6.07, 6.45) is 4.52. The summed E-state index contributed by atoms with van der Waals surface area (Å²) >= 11 is 7.56. The van der Waals surface area contributed by atoms with Crippen molar-refractivity contribution in [1.82, 2.24) is 15.3 Å². The minimum atomic E-state index is 0.533. The molecule has 2 aliphatic rings. The second-order valence-electron chi connectivity index (χ2n) is 4.58. The van der Waals surface area contributed by atoms with Gasteiger partial charge in [-0.15, -0.1) is 0 Å². The van der Waals surface area contributed by atoms with Gasteiger partial charge < -0.3 is 10.2 Å². The molecule has 0 radical (unpaired) electrons. The summed E-state index contributed by atoms with van der Waals surface area (Å²) in [5.41, 5.74) is 0. The summed E-state index contributed by atoms with van der Waals surface area (Å²) in [6.45, 7) is 2.05. The van der Waals surface area contributed by atoms with E-state index in [1.807, 2.05) is 12.3 Å². The second kappa shape index (κ2) is 4.63. The number of piperazine rings is 1. The van der Waals surface area contributed by atoms with Crippen molar-refractivity contribution in [2.75, 3.05) is 24.2 Å². The molecule has 92 valence electrons. The first-order chi connectivity index (χ1) is 8.24. The number of thioether (sulfide) groups is 1. The fourth-order valence-electron chi connectivity index (χ4n) is 2.62. The summed E-state index contributed by atoms with van der Waals surface area (Å²) in [7, 11) is 0. The molecule has 3 rings (SSSR count). The average molecular weight is 271 g/mol. The van der Waals surface area contributed by atoms with E-state index in [4.69, 9.17) is 11.6 Å². The normalized spacial score (nSPS) is 27.5. The van der Waals surface area contributed by atoms with Gasteiger partial charge in [-0.05, 0) is 19.1 Å². The van der Waals surface area contributed by atoms with Crippen LogP contribution in [-0.4, -0.2) is 41.4 Å². The average Bonchev–Trinajstić information content (AvgIpc) is 2.67. The van der Waals surface area contributed by atoms with E-state index in [1.165, 1.54) is 24.6 Å². The quantitative estimate of drug-likeness (QED) is 0.504. The predicted octanol–water partition coefficient (Wildman–Crippen LogP) is 1.79. The Morgan fingerprint density at radius 1 is 1.35 bits per heavy atom. The van der Waals surface area contributed by atoms with Crippen LogP contribution in [0.15, 0.2) is 11.2 Å². The third kappa shape index (κ3) is 2.37. The summed E-state index contributed by atoms with van der Waals surface area (Å²) in [5, 5.41) is 4.89. The maximum absolute atomic E-state index is 6.03. The van der Waals surface area contributed by atoms with Gasteiger partial charge >= 0.3 is 0 Å². The van der Waals surface area contributed by atoms with Crippen LogP contribution in [-0.2, 0) is 0 Å². The second-order valence-corrected chi connectivity index (χ2v) is 5.74. The van der Waals surface area contributed by atoms with Crippen molar-refractivity contribution in [2.45, 2.75) is 30.1 Å². The van der Waals surface area contributed by atoms with Gasteiger partial charge in [0.1, 0.15) is 11.0 Å². The number of hydrogen-bond donors (Lipinski definition) is 1. The Morgan fingerprint density at radius 3 is 2.71 bits per heavy atom. The van der Waals surface area contributed by atoms with E-state index in [0.717, 1.165) is 24.1 Å². The maximum atomic E-state index is 6.03. The van der Waals surface area contributed by atoms with Crippen LogP contribution in [0.4, 0.5) is 5.82 Å². The van der Waals surface area contributed by atoms with Crippen LogP contribution in [0, 0.1) is 0 Å². The number of halogens is 1. The molecule has 0 unspecified atom stereocenters. The zero-order valence-electron chi connectivity index (χ0n) is 9.69. The molecular weight excluding hydrogens is 256 g/mol. The third-order valence-corrected chi connectivity index (χ3v) is 4.13. The minimum absolute atomic E-state index is 0.533. The number of anilines is 1. The molecule has 17 heavy (non-hydrogen) atoms. The van der Waals surface area contributed by atoms with Crippen molar-refractivity contribution >= 4 is 29.2 Å². The van der Waals surface area contributed by atoms with Gasteiger partial charge in [0.15, 0.2) is 5.16 Å². The number of rotatable bonds is 2. The SMILES string of the molecule is CSc1nc(Cl)cc(N2C[C@H]3CC[C@@H](C2)N3)n1.